The number of carbonyl (C=O) groups excluding carboxylic acids is 1. The summed E-state index contributed by atoms with van der Waals surface area (Å²) in [5.41, 5.74) is 3.01. The van der Waals surface area contributed by atoms with E-state index in [4.69, 9.17) is 0 Å². The van der Waals surface area contributed by atoms with E-state index >= 15 is 0 Å². The maximum absolute atomic E-state index is 12.1. The molecular weight excluding hydrogens is 364 g/mol. The van der Waals surface area contributed by atoms with Gasteiger partial charge in [-0.3, -0.25) is 4.79 Å². The van der Waals surface area contributed by atoms with Crippen molar-refractivity contribution in [3.8, 4) is 11.4 Å². The van der Waals surface area contributed by atoms with Crippen LogP contribution in [-0.4, -0.2) is 28.8 Å². The van der Waals surface area contributed by atoms with Gasteiger partial charge in [-0.25, -0.2) is 4.68 Å². The summed E-state index contributed by atoms with van der Waals surface area (Å²) in [6.07, 6.45) is 5.24. The summed E-state index contributed by atoms with van der Waals surface area (Å²) in [5, 5.41) is 7.08. The molecule has 1 amide bonds. The second-order valence-electron chi connectivity index (χ2n) is 6.24. The molecule has 28 heavy (non-hydrogen) atoms. The van der Waals surface area contributed by atoms with Crippen LogP contribution in [0.15, 0.2) is 67.0 Å². The molecule has 0 spiro atoms. The van der Waals surface area contributed by atoms with Gasteiger partial charge in [-0.05, 0) is 54.3 Å². The number of hydrogen-bond acceptors (Lipinski definition) is 3. The van der Waals surface area contributed by atoms with E-state index in [0.717, 1.165) is 23.2 Å². The van der Waals surface area contributed by atoms with Crippen molar-refractivity contribution in [2.45, 2.75) is 25.9 Å². The first-order valence-electron chi connectivity index (χ1n) is 8.99. The Morgan fingerprint density at radius 3 is 2.36 bits per heavy atom. The Hall–Kier alpha value is -3.22. The highest BCUT2D eigenvalue weighted by atomic mass is 19.3. The normalized spacial score (nSPS) is 10.8. The number of aromatic nitrogens is 2. The molecule has 0 radical (unpaired) electrons. The zero-order valence-electron chi connectivity index (χ0n) is 15.2. The fourth-order valence-electron chi connectivity index (χ4n) is 2.77. The third-order valence-electron chi connectivity index (χ3n) is 4.23. The summed E-state index contributed by atoms with van der Waals surface area (Å²) in [5.74, 6) is 0.0721. The zero-order valence-corrected chi connectivity index (χ0v) is 15.2. The molecule has 1 aromatic heterocycles. The van der Waals surface area contributed by atoms with Crippen LogP contribution < -0.4 is 10.1 Å². The molecule has 0 saturated heterocycles. The van der Waals surface area contributed by atoms with Crippen LogP contribution >= 0.6 is 0 Å². The van der Waals surface area contributed by atoms with Crippen molar-refractivity contribution in [3.05, 3.63) is 78.1 Å². The lowest BCUT2D eigenvalue weighted by molar-refractivity contribution is -0.121. The Labute approximate surface area is 161 Å². The second-order valence-corrected chi connectivity index (χ2v) is 6.24. The van der Waals surface area contributed by atoms with Gasteiger partial charge in [0.1, 0.15) is 5.75 Å². The number of amides is 1. The highest BCUT2D eigenvalue weighted by Crippen LogP contribution is 2.15. The molecule has 1 N–H and O–H groups in total. The number of aryl methyl sites for hydroxylation is 1. The minimum atomic E-state index is -2.83. The van der Waals surface area contributed by atoms with Gasteiger partial charge in [0.25, 0.3) is 0 Å². The first-order valence-corrected chi connectivity index (χ1v) is 8.99. The number of carbonyl (C=O) groups is 1. The fourth-order valence-corrected chi connectivity index (χ4v) is 2.77. The molecule has 0 unspecified atom stereocenters. The lowest BCUT2D eigenvalue weighted by Gasteiger charge is -2.08. The molecule has 0 fully saturated rings. The topological polar surface area (TPSA) is 56.1 Å². The molecule has 5 nitrogen and oxygen atoms in total. The zero-order chi connectivity index (χ0) is 19.8. The average molecular weight is 385 g/mol. The first-order chi connectivity index (χ1) is 13.6. The predicted molar refractivity (Wildman–Crippen MR) is 102 cm³/mol. The number of ether oxygens (including phenoxy) is 1. The summed E-state index contributed by atoms with van der Waals surface area (Å²) < 4.78 is 30.3. The van der Waals surface area contributed by atoms with Gasteiger partial charge in [0, 0.05) is 25.4 Å². The van der Waals surface area contributed by atoms with E-state index in [2.05, 4.69) is 15.2 Å². The minimum Gasteiger partial charge on any atom is -0.435 e. The van der Waals surface area contributed by atoms with Crippen LogP contribution in [0, 0.1) is 0 Å². The number of hydrogen-bond donors (Lipinski definition) is 1. The third kappa shape index (κ3) is 5.90. The van der Waals surface area contributed by atoms with Crippen LogP contribution in [-0.2, 0) is 17.6 Å². The van der Waals surface area contributed by atoms with Gasteiger partial charge in [-0.1, -0.05) is 24.3 Å². The second kappa shape index (κ2) is 9.64. The fraction of sp³-hybridized carbons (Fsp3) is 0.238. The van der Waals surface area contributed by atoms with Gasteiger partial charge >= 0.3 is 6.61 Å². The SMILES string of the molecule is O=C(CCc1ccc(OC(F)F)cc1)NCCc1ccc(-n2cccn2)cc1. The molecule has 0 aliphatic carbocycles. The van der Waals surface area contributed by atoms with Gasteiger partial charge in [0.15, 0.2) is 0 Å². The molecule has 2 aromatic carbocycles. The van der Waals surface area contributed by atoms with E-state index in [-0.39, 0.29) is 11.7 Å². The molecule has 7 heteroatoms. The molecule has 0 aliphatic heterocycles. The average Bonchev–Trinajstić information content (AvgIpc) is 3.22. The molecule has 0 saturated carbocycles. The summed E-state index contributed by atoms with van der Waals surface area (Å²) in [6.45, 7) is -2.28. The van der Waals surface area contributed by atoms with E-state index in [1.165, 1.54) is 12.1 Å². The standard InChI is InChI=1S/C21H21F2N3O2/c22-21(23)28-19-9-4-16(5-10-19)6-11-20(27)24-14-12-17-2-7-18(8-3-17)26-15-1-13-25-26/h1-5,7-10,13,15,21H,6,11-12,14H2,(H,24,27). The monoisotopic (exact) mass is 385 g/mol. The van der Waals surface area contributed by atoms with Crippen LogP contribution in [0.2, 0.25) is 0 Å². The number of halogens is 2. The van der Waals surface area contributed by atoms with Crippen molar-refractivity contribution < 1.29 is 18.3 Å². The van der Waals surface area contributed by atoms with E-state index in [1.807, 2.05) is 36.5 Å². The van der Waals surface area contributed by atoms with Crippen LogP contribution in [0.4, 0.5) is 8.78 Å². The van der Waals surface area contributed by atoms with E-state index in [9.17, 15) is 13.6 Å². The Morgan fingerprint density at radius 1 is 1.04 bits per heavy atom. The molecule has 3 rings (SSSR count). The number of benzene rings is 2. The molecule has 146 valence electrons. The summed E-state index contributed by atoms with van der Waals surface area (Å²) >= 11 is 0. The Balaban J connectivity index is 1.37. The van der Waals surface area contributed by atoms with Crippen molar-refractivity contribution in [2.75, 3.05) is 6.54 Å². The van der Waals surface area contributed by atoms with Crippen molar-refractivity contribution in [1.82, 2.24) is 15.1 Å². The van der Waals surface area contributed by atoms with Crippen LogP contribution in [0.1, 0.15) is 17.5 Å². The maximum atomic E-state index is 12.1. The number of rotatable bonds is 9. The highest BCUT2D eigenvalue weighted by molar-refractivity contribution is 5.76. The van der Waals surface area contributed by atoms with Crippen LogP contribution in [0.5, 0.6) is 5.75 Å². The Morgan fingerprint density at radius 2 is 1.71 bits per heavy atom. The predicted octanol–water partition coefficient (Wildman–Crippen LogP) is 3.77. The van der Waals surface area contributed by atoms with Gasteiger partial charge in [0.2, 0.25) is 5.91 Å². The number of nitrogens with one attached hydrogen (secondary N) is 1. The van der Waals surface area contributed by atoms with Gasteiger partial charge in [0.05, 0.1) is 5.69 Å². The molecule has 3 aromatic rings. The number of alkyl halides is 2. The maximum Gasteiger partial charge on any atom is 0.387 e. The van der Waals surface area contributed by atoms with E-state index in [1.54, 1.807) is 23.0 Å². The van der Waals surface area contributed by atoms with E-state index in [0.29, 0.717) is 19.4 Å². The quantitative estimate of drug-likeness (QED) is 0.610. The van der Waals surface area contributed by atoms with Crippen molar-refractivity contribution in [3.63, 3.8) is 0 Å². The molecule has 0 aliphatic rings. The summed E-state index contributed by atoms with van der Waals surface area (Å²) in [6, 6.07) is 16.2. The largest absolute Gasteiger partial charge is 0.435 e. The van der Waals surface area contributed by atoms with Crippen molar-refractivity contribution in [1.29, 1.82) is 0 Å². The van der Waals surface area contributed by atoms with Gasteiger partial charge in [-0.15, -0.1) is 0 Å². The van der Waals surface area contributed by atoms with E-state index < -0.39 is 6.61 Å². The van der Waals surface area contributed by atoms with Crippen LogP contribution in [0.3, 0.4) is 0 Å². The van der Waals surface area contributed by atoms with Crippen molar-refractivity contribution >= 4 is 5.91 Å². The van der Waals surface area contributed by atoms with Gasteiger partial charge in [-0.2, -0.15) is 13.9 Å². The first kappa shape index (κ1) is 19.5. The highest BCUT2D eigenvalue weighted by Gasteiger charge is 2.06. The molecular formula is C21H21F2N3O2. The van der Waals surface area contributed by atoms with Crippen LogP contribution in [0.25, 0.3) is 5.69 Å². The molecule has 1 heterocycles. The molecule has 0 bridgehead atoms. The smallest absolute Gasteiger partial charge is 0.387 e. The lowest BCUT2D eigenvalue weighted by Crippen LogP contribution is -2.25. The summed E-state index contributed by atoms with van der Waals surface area (Å²) in [4.78, 5) is 12.0. The summed E-state index contributed by atoms with van der Waals surface area (Å²) in [7, 11) is 0. The minimum absolute atomic E-state index is 0.0407. The third-order valence-corrected chi connectivity index (χ3v) is 4.23. The Bertz CT molecular complexity index is 864. The number of nitrogens with zero attached hydrogens (tertiary/aromatic N) is 2. The van der Waals surface area contributed by atoms with Gasteiger partial charge < -0.3 is 10.1 Å². The van der Waals surface area contributed by atoms with Crippen molar-refractivity contribution in [2.24, 2.45) is 0 Å². The Kier molecular flexibility index (Phi) is 6.73. The lowest BCUT2D eigenvalue weighted by atomic mass is 10.1. The molecule has 0 atom stereocenters.